The molecule has 3 amide bonds. The number of amides is 3. The van der Waals surface area contributed by atoms with E-state index < -0.39 is 5.91 Å². The molecule has 0 saturated heterocycles. The van der Waals surface area contributed by atoms with E-state index in [2.05, 4.69) is 20.9 Å². The van der Waals surface area contributed by atoms with Gasteiger partial charge in [-0.05, 0) is 61.0 Å². The molecule has 1 aromatic heterocycles. The van der Waals surface area contributed by atoms with Crippen molar-refractivity contribution in [3.8, 4) is 0 Å². The van der Waals surface area contributed by atoms with Gasteiger partial charge in [0.1, 0.15) is 5.69 Å². The number of nitrogens with zero attached hydrogens (tertiary/aromatic N) is 1. The molecular formula is C22H20N4O3. The summed E-state index contributed by atoms with van der Waals surface area (Å²) in [6, 6.07) is 17.1. The van der Waals surface area contributed by atoms with Crippen LogP contribution in [0.1, 0.15) is 33.3 Å². The Kier molecular flexibility index (Phi) is 5.99. The van der Waals surface area contributed by atoms with Crippen molar-refractivity contribution in [1.29, 1.82) is 0 Å². The van der Waals surface area contributed by atoms with Crippen molar-refractivity contribution in [2.45, 2.75) is 13.8 Å². The van der Waals surface area contributed by atoms with Gasteiger partial charge in [-0.15, -0.1) is 0 Å². The summed E-state index contributed by atoms with van der Waals surface area (Å²) in [5.74, 6) is -0.944. The number of hydrogen-bond acceptors (Lipinski definition) is 4. The van der Waals surface area contributed by atoms with Gasteiger partial charge in [-0.2, -0.15) is 0 Å². The van der Waals surface area contributed by atoms with Crippen LogP contribution in [-0.2, 0) is 4.79 Å². The van der Waals surface area contributed by atoms with Crippen LogP contribution in [0.3, 0.4) is 0 Å². The summed E-state index contributed by atoms with van der Waals surface area (Å²) in [7, 11) is 0. The molecule has 3 N–H and O–H groups in total. The molecule has 146 valence electrons. The number of aromatic nitrogens is 1. The summed E-state index contributed by atoms with van der Waals surface area (Å²) in [6.07, 6.45) is 1.42. The molecule has 0 aliphatic rings. The minimum atomic E-state index is -0.442. The van der Waals surface area contributed by atoms with Crippen molar-refractivity contribution in [1.82, 2.24) is 4.98 Å². The van der Waals surface area contributed by atoms with E-state index in [0.29, 0.717) is 22.6 Å². The lowest BCUT2D eigenvalue weighted by molar-refractivity contribution is -0.114. The Morgan fingerprint density at radius 3 is 2.07 bits per heavy atom. The third kappa shape index (κ3) is 5.49. The molecule has 0 aliphatic carbocycles. The lowest BCUT2D eigenvalue weighted by atomic mass is 10.2. The number of carbonyl (C=O) groups is 3. The van der Waals surface area contributed by atoms with E-state index in [1.165, 1.54) is 19.2 Å². The van der Waals surface area contributed by atoms with Crippen LogP contribution in [0, 0.1) is 6.92 Å². The maximum atomic E-state index is 12.5. The van der Waals surface area contributed by atoms with Crippen LogP contribution in [0.25, 0.3) is 0 Å². The van der Waals surface area contributed by atoms with Crippen molar-refractivity contribution in [2.24, 2.45) is 0 Å². The Balaban J connectivity index is 1.68. The molecule has 7 nitrogen and oxygen atoms in total. The zero-order valence-corrected chi connectivity index (χ0v) is 16.0. The average molecular weight is 388 g/mol. The molecule has 0 unspecified atom stereocenters. The summed E-state index contributed by atoms with van der Waals surface area (Å²) < 4.78 is 0. The van der Waals surface area contributed by atoms with E-state index in [1.807, 2.05) is 25.1 Å². The van der Waals surface area contributed by atoms with Crippen molar-refractivity contribution >= 4 is 34.8 Å². The van der Waals surface area contributed by atoms with Crippen LogP contribution >= 0.6 is 0 Å². The standard InChI is InChI=1S/C22H20N4O3/c1-14-4-3-5-19(12-14)26-21(28)16-10-11-23-20(13-16)22(29)25-18-8-6-17(7-9-18)24-15(2)27/h3-13H,1-2H3,(H,24,27)(H,25,29)(H,26,28). The normalized spacial score (nSPS) is 10.1. The lowest BCUT2D eigenvalue weighted by Gasteiger charge is -2.09. The lowest BCUT2D eigenvalue weighted by Crippen LogP contribution is -2.17. The quantitative estimate of drug-likeness (QED) is 0.618. The molecule has 7 heteroatoms. The first kappa shape index (κ1) is 19.8. The molecule has 0 fully saturated rings. The SMILES string of the molecule is CC(=O)Nc1ccc(NC(=O)c2cc(C(=O)Nc3cccc(C)c3)ccn2)cc1. The summed E-state index contributed by atoms with van der Waals surface area (Å²) in [5, 5.41) is 8.17. The van der Waals surface area contributed by atoms with E-state index in [1.54, 1.807) is 36.4 Å². The van der Waals surface area contributed by atoms with E-state index in [-0.39, 0.29) is 17.5 Å². The second kappa shape index (κ2) is 8.79. The summed E-state index contributed by atoms with van der Waals surface area (Å²) in [5.41, 5.74) is 3.32. The van der Waals surface area contributed by atoms with E-state index in [4.69, 9.17) is 0 Å². The van der Waals surface area contributed by atoms with Gasteiger partial charge in [-0.1, -0.05) is 12.1 Å². The Labute approximate surface area is 168 Å². The average Bonchev–Trinajstić information content (AvgIpc) is 2.69. The fraction of sp³-hybridized carbons (Fsp3) is 0.0909. The van der Waals surface area contributed by atoms with Crippen molar-refractivity contribution in [3.05, 3.63) is 83.7 Å². The smallest absolute Gasteiger partial charge is 0.274 e. The Morgan fingerprint density at radius 1 is 0.759 bits per heavy atom. The first-order valence-corrected chi connectivity index (χ1v) is 8.94. The van der Waals surface area contributed by atoms with E-state index in [0.717, 1.165) is 5.56 Å². The predicted octanol–water partition coefficient (Wildman–Crippen LogP) is 3.85. The Bertz CT molecular complexity index is 1060. The van der Waals surface area contributed by atoms with Gasteiger partial charge in [0.05, 0.1) is 0 Å². The van der Waals surface area contributed by atoms with Gasteiger partial charge in [-0.3, -0.25) is 19.4 Å². The number of pyridine rings is 1. The first-order valence-electron chi connectivity index (χ1n) is 8.94. The Hall–Kier alpha value is -4.00. The number of anilines is 3. The Morgan fingerprint density at radius 2 is 1.41 bits per heavy atom. The first-order chi connectivity index (χ1) is 13.9. The monoisotopic (exact) mass is 388 g/mol. The van der Waals surface area contributed by atoms with Crippen LogP contribution in [-0.4, -0.2) is 22.7 Å². The van der Waals surface area contributed by atoms with Crippen LogP contribution in [0.2, 0.25) is 0 Å². The number of carbonyl (C=O) groups excluding carboxylic acids is 3. The highest BCUT2D eigenvalue weighted by Gasteiger charge is 2.13. The zero-order chi connectivity index (χ0) is 20.8. The predicted molar refractivity (Wildman–Crippen MR) is 112 cm³/mol. The highest BCUT2D eigenvalue weighted by molar-refractivity contribution is 6.07. The van der Waals surface area contributed by atoms with Gasteiger partial charge in [0, 0.05) is 35.7 Å². The fourth-order valence-electron chi connectivity index (χ4n) is 2.66. The summed E-state index contributed by atoms with van der Waals surface area (Å²) in [4.78, 5) is 40.1. The zero-order valence-electron chi connectivity index (χ0n) is 16.0. The van der Waals surface area contributed by atoms with Crippen molar-refractivity contribution in [2.75, 3.05) is 16.0 Å². The molecule has 1 heterocycles. The molecule has 0 saturated carbocycles. The van der Waals surface area contributed by atoms with Gasteiger partial charge >= 0.3 is 0 Å². The molecule has 29 heavy (non-hydrogen) atoms. The van der Waals surface area contributed by atoms with Crippen LogP contribution < -0.4 is 16.0 Å². The number of rotatable bonds is 5. The van der Waals surface area contributed by atoms with Gasteiger partial charge in [0.25, 0.3) is 11.8 Å². The summed E-state index contributed by atoms with van der Waals surface area (Å²) in [6.45, 7) is 3.36. The third-order valence-electron chi connectivity index (χ3n) is 3.99. The molecule has 0 spiro atoms. The van der Waals surface area contributed by atoms with Gasteiger partial charge in [-0.25, -0.2) is 0 Å². The molecule has 2 aromatic carbocycles. The largest absolute Gasteiger partial charge is 0.326 e. The van der Waals surface area contributed by atoms with Gasteiger partial charge < -0.3 is 16.0 Å². The highest BCUT2D eigenvalue weighted by atomic mass is 16.2. The van der Waals surface area contributed by atoms with Crippen LogP contribution in [0.5, 0.6) is 0 Å². The maximum Gasteiger partial charge on any atom is 0.274 e. The molecule has 0 aliphatic heterocycles. The minimum absolute atomic E-state index is 0.118. The van der Waals surface area contributed by atoms with Crippen molar-refractivity contribution < 1.29 is 14.4 Å². The molecule has 3 aromatic rings. The molecule has 0 radical (unpaired) electrons. The second-order valence-electron chi connectivity index (χ2n) is 6.47. The molecule has 3 rings (SSSR count). The van der Waals surface area contributed by atoms with E-state index >= 15 is 0 Å². The number of aryl methyl sites for hydroxylation is 1. The molecule has 0 atom stereocenters. The number of nitrogens with one attached hydrogen (secondary N) is 3. The molecular weight excluding hydrogens is 368 g/mol. The highest BCUT2D eigenvalue weighted by Crippen LogP contribution is 2.15. The fourth-order valence-corrected chi connectivity index (χ4v) is 2.66. The number of hydrogen-bond donors (Lipinski definition) is 3. The van der Waals surface area contributed by atoms with Gasteiger partial charge in [0.2, 0.25) is 5.91 Å². The topological polar surface area (TPSA) is 100 Å². The van der Waals surface area contributed by atoms with Gasteiger partial charge in [0.15, 0.2) is 0 Å². The molecule has 0 bridgehead atoms. The van der Waals surface area contributed by atoms with Crippen molar-refractivity contribution in [3.63, 3.8) is 0 Å². The third-order valence-corrected chi connectivity index (χ3v) is 3.99. The van der Waals surface area contributed by atoms with E-state index in [9.17, 15) is 14.4 Å². The minimum Gasteiger partial charge on any atom is -0.326 e. The summed E-state index contributed by atoms with van der Waals surface area (Å²) >= 11 is 0. The second-order valence-corrected chi connectivity index (χ2v) is 6.47. The maximum absolute atomic E-state index is 12.5. The van der Waals surface area contributed by atoms with Crippen LogP contribution in [0.15, 0.2) is 66.9 Å². The number of benzene rings is 2. The van der Waals surface area contributed by atoms with Crippen LogP contribution in [0.4, 0.5) is 17.1 Å².